The van der Waals surface area contributed by atoms with Crippen molar-refractivity contribution in [1.29, 1.82) is 0 Å². The van der Waals surface area contributed by atoms with Crippen LogP contribution in [0.4, 0.5) is 0 Å². The molecule has 2 rings (SSSR count). The summed E-state index contributed by atoms with van der Waals surface area (Å²) in [7, 11) is 0. The lowest BCUT2D eigenvalue weighted by Gasteiger charge is -2.40. The van der Waals surface area contributed by atoms with Gasteiger partial charge in [-0.2, -0.15) is 0 Å². The summed E-state index contributed by atoms with van der Waals surface area (Å²) >= 11 is 0. The smallest absolute Gasteiger partial charge is 0.0601 e. The van der Waals surface area contributed by atoms with Crippen molar-refractivity contribution in [1.82, 2.24) is 0 Å². The Kier molecular flexibility index (Phi) is 2.39. The lowest BCUT2D eigenvalue weighted by atomic mass is 9.66. The predicted octanol–water partition coefficient (Wildman–Crippen LogP) is 1.95. The number of aliphatic hydroxyl groups is 2. The van der Waals surface area contributed by atoms with Crippen molar-refractivity contribution in [3.63, 3.8) is 0 Å². The molecule has 2 nitrogen and oxygen atoms in total. The topological polar surface area (TPSA) is 40.5 Å². The van der Waals surface area contributed by atoms with Gasteiger partial charge in [-0.05, 0) is 48.9 Å². The van der Waals surface area contributed by atoms with Crippen LogP contribution in [0.1, 0.15) is 46.0 Å². The van der Waals surface area contributed by atoms with Crippen molar-refractivity contribution in [2.45, 2.75) is 52.1 Å². The maximum Gasteiger partial charge on any atom is 0.0601 e. The molecule has 2 heteroatoms. The summed E-state index contributed by atoms with van der Waals surface area (Å²) in [5.41, 5.74) is 0.391. The Morgan fingerprint density at radius 1 is 1.36 bits per heavy atom. The second-order valence-electron chi connectivity index (χ2n) is 5.65. The minimum Gasteiger partial charge on any atom is -0.396 e. The molecule has 2 N–H and O–H groups in total. The lowest BCUT2D eigenvalue weighted by molar-refractivity contribution is -0.000874. The van der Waals surface area contributed by atoms with E-state index >= 15 is 0 Å². The quantitative estimate of drug-likeness (QED) is 0.727. The van der Waals surface area contributed by atoms with E-state index in [1.807, 2.05) is 0 Å². The SMILES string of the molecule is CC1(CCCO)[C@H]2CC[C@]1(C)[C@H](O)C2. The van der Waals surface area contributed by atoms with E-state index in [1.165, 1.54) is 12.8 Å². The molecule has 2 aliphatic rings. The Balaban J connectivity index is 2.18. The summed E-state index contributed by atoms with van der Waals surface area (Å²) in [5, 5.41) is 19.0. The average Bonchev–Trinajstić information content (AvgIpc) is 2.50. The first-order chi connectivity index (χ1) is 6.54. The highest BCUT2D eigenvalue weighted by Gasteiger charge is 2.62. The normalized spacial score (nSPS) is 51.4. The molecule has 0 aromatic rings. The number of aliphatic hydroxyl groups excluding tert-OH is 2. The van der Waals surface area contributed by atoms with Crippen molar-refractivity contribution in [2.75, 3.05) is 6.61 Å². The zero-order valence-corrected chi connectivity index (χ0v) is 9.29. The first-order valence-electron chi connectivity index (χ1n) is 5.83. The first kappa shape index (κ1) is 10.4. The van der Waals surface area contributed by atoms with Crippen molar-refractivity contribution < 1.29 is 10.2 Å². The first-order valence-corrected chi connectivity index (χ1v) is 5.83. The Labute approximate surface area is 86.3 Å². The molecular weight excluding hydrogens is 176 g/mol. The molecule has 2 bridgehead atoms. The van der Waals surface area contributed by atoms with E-state index in [-0.39, 0.29) is 23.5 Å². The van der Waals surface area contributed by atoms with Crippen LogP contribution in [0.25, 0.3) is 0 Å². The third-order valence-corrected chi connectivity index (χ3v) is 5.32. The van der Waals surface area contributed by atoms with Crippen LogP contribution in [-0.4, -0.2) is 22.9 Å². The maximum atomic E-state index is 10.1. The second kappa shape index (κ2) is 3.21. The number of rotatable bonds is 3. The number of fused-ring (bicyclic) bond motifs is 2. The van der Waals surface area contributed by atoms with Crippen LogP contribution in [0.5, 0.6) is 0 Å². The fraction of sp³-hybridized carbons (Fsp3) is 1.00. The summed E-state index contributed by atoms with van der Waals surface area (Å²) < 4.78 is 0. The summed E-state index contributed by atoms with van der Waals surface area (Å²) in [5.74, 6) is 0.689. The fourth-order valence-electron chi connectivity index (χ4n) is 3.94. The molecule has 0 radical (unpaired) electrons. The third kappa shape index (κ3) is 1.10. The minimum atomic E-state index is -0.107. The Morgan fingerprint density at radius 3 is 2.50 bits per heavy atom. The summed E-state index contributed by atoms with van der Waals surface area (Å²) in [6.07, 6.45) is 5.27. The second-order valence-corrected chi connectivity index (χ2v) is 5.65. The molecule has 0 aliphatic heterocycles. The van der Waals surface area contributed by atoms with Gasteiger partial charge in [0.2, 0.25) is 0 Å². The Hall–Kier alpha value is -0.0800. The largest absolute Gasteiger partial charge is 0.396 e. The van der Waals surface area contributed by atoms with Gasteiger partial charge >= 0.3 is 0 Å². The van der Waals surface area contributed by atoms with Gasteiger partial charge in [-0.1, -0.05) is 13.8 Å². The van der Waals surface area contributed by atoms with Crippen molar-refractivity contribution >= 4 is 0 Å². The molecule has 0 aromatic carbocycles. The van der Waals surface area contributed by atoms with Crippen LogP contribution in [-0.2, 0) is 0 Å². The zero-order chi connectivity index (χ0) is 10.4. The van der Waals surface area contributed by atoms with Gasteiger partial charge in [0, 0.05) is 6.61 Å². The van der Waals surface area contributed by atoms with Gasteiger partial charge in [0.1, 0.15) is 0 Å². The molecule has 2 fully saturated rings. The molecule has 1 unspecified atom stereocenters. The highest BCUT2D eigenvalue weighted by molar-refractivity contribution is 5.12. The van der Waals surface area contributed by atoms with Gasteiger partial charge in [-0.3, -0.25) is 0 Å². The van der Waals surface area contributed by atoms with Crippen LogP contribution in [0.3, 0.4) is 0 Å². The van der Waals surface area contributed by atoms with E-state index in [4.69, 9.17) is 5.11 Å². The van der Waals surface area contributed by atoms with Gasteiger partial charge in [0.25, 0.3) is 0 Å². The van der Waals surface area contributed by atoms with Crippen LogP contribution < -0.4 is 0 Å². The van der Waals surface area contributed by atoms with Crippen LogP contribution in [0.15, 0.2) is 0 Å². The lowest BCUT2D eigenvalue weighted by Crippen LogP contribution is -2.37. The van der Waals surface area contributed by atoms with E-state index in [0.717, 1.165) is 19.3 Å². The number of hydrogen-bond donors (Lipinski definition) is 2. The van der Waals surface area contributed by atoms with Gasteiger partial charge in [-0.15, -0.1) is 0 Å². The van der Waals surface area contributed by atoms with E-state index < -0.39 is 0 Å². The Bertz CT molecular complexity index is 228. The predicted molar refractivity (Wildman–Crippen MR) is 55.9 cm³/mol. The molecule has 0 amide bonds. The molecule has 2 saturated carbocycles. The average molecular weight is 198 g/mol. The van der Waals surface area contributed by atoms with Gasteiger partial charge < -0.3 is 10.2 Å². The molecule has 2 aliphatic carbocycles. The van der Waals surface area contributed by atoms with E-state index in [2.05, 4.69) is 13.8 Å². The van der Waals surface area contributed by atoms with Crippen molar-refractivity contribution in [3.05, 3.63) is 0 Å². The van der Waals surface area contributed by atoms with Crippen LogP contribution >= 0.6 is 0 Å². The molecule has 0 saturated heterocycles. The van der Waals surface area contributed by atoms with Crippen molar-refractivity contribution in [2.24, 2.45) is 16.7 Å². The van der Waals surface area contributed by atoms with Gasteiger partial charge in [0.05, 0.1) is 6.10 Å². The summed E-state index contributed by atoms with van der Waals surface area (Å²) in [6.45, 7) is 4.84. The molecular formula is C12H22O2. The number of hydrogen-bond acceptors (Lipinski definition) is 2. The highest BCUT2D eigenvalue weighted by atomic mass is 16.3. The molecule has 14 heavy (non-hydrogen) atoms. The minimum absolute atomic E-state index is 0.107. The van der Waals surface area contributed by atoms with Crippen LogP contribution in [0.2, 0.25) is 0 Å². The zero-order valence-electron chi connectivity index (χ0n) is 9.29. The molecule has 0 spiro atoms. The standard InChI is InChI=1S/C12H22O2/c1-11(5-3-7-13)9-4-6-12(11,2)10(14)8-9/h9-10,13-14H,3-8H2,1-2H3/t9-,10+,11?,12+/m0/s1. The van der Waals surface area contributed by atoms with E-state index in [1.54, 1.807) is 0 Å². The summed E-state index contributed by atoms with van der Waals surface area (Å²) in [6, 6.07) is 0. The van der Waals surface area contributed by atoms with Gasteiger partial charge in [0.15, 0.2) is 0 Å². The molecule has 82 valence electrons. The third-order valence-electron chi connectivity index (χ3n) is 5.32. The maximum absolute atomic E-state index is 10.1. The molecule has 0 heterocycles. The van der Waals surface area contributed by atoms with Crippen molar-refractivity contribution in [3.8, 4) is 0 Å². The molecule has 0 aromatic heterocycles. The van der Waals surface area contributed by atoms with E-state index in [9.17, 15) is 5.11 Å². The van der Waals surface area contributed by atoms with Gasteiger partial charge in [-0.25, -0.2) is 0 Å². The highest BCUT2D eigenvalue weighted by Crippen LogP contribution is 2.67. The molecule has 4 atom stereocenters. The fourth-order valence-corrected chi connectivity index (χ4v) is 3.94. The summed E-state index contributed by atoms with van der Waals surface area (Å²) in [4.78, 5) is 0. The Morgan fingerprint density at radius 2 is 2.07 bits per heavy atom. The van der Waals surface area contributed by atoms with E-state index in [0.29, 0.717) is 5.92 Å². The van der Waals surface area contributed by atoms with Crippen LogP contribution in [0, 0.1) is 16.7 Å². The monoisotopic (exact) mass is 198 g/mol.